The zero-order valence-electron chi connectivity index (χ0n) is 13.8. The van der Waals surface area contributed by atoms with E-state index in [0.29, 0.717) is 11.6 Å². The van der Waals surface area contributed by atoms with Gasteiger partial charge in [0.2, 0.25) is 0 Å². The summed E-state index contributed by atoms with van der Waals surface area (Å²) < 4.78 is 6.26. The quantitative estimate of drug-likeness (QED) is 0.753. The second-order valence-corrected chi connectivity index (χ2v) is 8.37. The molecule has 1 fully saturated rings. The van der Waals surface area contributed by atoms with Crippen LogP contribution in [0.1, 0.15) is 45.6 Å². The zero-order valence-corrected chi connectivity index (χ0v) is 16.2. The molecule has 1 aliphatic rings. The molecule has 1 aliphatic carbocycles. The standard InChI is InChI=1S/C17H24BrClN2O2/c1-16(2,3)23-15(22)21-17(7-4-8-17)11-20-10-12-5-6-13(18)14(19)9-12/h5-6,9,20H,4,7-8,10-11H2,1-3H3,(H,21,22). The van der Waals surface area contributed by atoms with Crippen molar-refractivity contribution in [1.82, 2.24) is 10.6 Å². The largest absolute Gasteiger partial charge is 0.444 e. The summed E-state index contributed by atoms with van der Waals surface area (Å²) in [6.45, 7) is 7.05. The fraction of sp³-hybridized carbons (Fsp3) is 0.588. The van der Waals surface area contributed by atoms with Crippen LogP contribution < -0.4 is 10.6 Å². The van der Waals surface area contributed by atoms with Gasteiger partial charge in [0.25, 0.3) is 0 Å². The molecule has 0 atom stereocenters. The Hall–Kier alpha value is -0.780. The summed E-state index contributed by atoms with van der Waals surface area (Å²) in [5.74, 6) is 0. The minimum atomic E-state index is -0.476. The predicted octanol–water partition coefficient (Wildman–Crippen LogP) is 4.64. The first-order valence-corrected chi connectivity index (χ1v) is 9.02. The summed E-state index contributed by atoms with van der Waals surface area (Å²) >= 11 is 9.49. The molecule has 23 heavy (non-hydrogen) atoms. The van der Waals surface area contributed by atoms with Gasteiger partial charge in [0.05, 0.1) is 10.6 Å². The van der Waals surface area contributed by atoms with Crippen molar-refractivity contribution in [2.24, 2.45) is 0 Å². The van der Waals surface area contributed by atoms with Crippen molar-refractivity contribution in [2.75, 3.05) is 6.54 Å². The molecule has 2 N–H and O–H groups in total. The van der Waals surface area contributed by atoms with Crippen molar-refractivity contribution in [3.63, 3.8) is 0 Å². The van der Waals surface area contributed by atoms with Crippen LogP contribution in [0.25, 0.3) is 0 Å². The lowest BCUT2D eigenvalue weighted by atomic mass is 9.76. The summed E-state index contributed by atoms with van der Waals surface area (Å²) in [6, 6.07) is 5.91. The smallest absolute Gasteiger partial charge is 0.408 e. The first-order valence-electron chi connectivity index (χ1n) is 7.85. The molecule has 0 saturated heterocycles. The van der Waals surface area contributed by atoms with Gasteiger partial charge in [-0.05, 0) is 73.7 Å². The topological polar surface area (TPSA) is 50.4 Å². The monoisotopic (exact) mass is 402 g/mol. The molecule has 4 nitrogen and oxygen atoms in total. The van der Waals surface area contributed by atoms with Crippen molar-refractivity contribution in [2.45, 2.75) is 57.7 Å². The number of ether oxygens (including phenoxy) is 1. The van der Waals surface area contributed by atoms with Gasteiger partial charge in [-0.2, -0.15) is 0 Å². The molecule has 0 aliphatic heterocycles. The molecule has 0 heterocycles. The fourth-order valence-corrected chi connectivity index (χ4v) is 3.02. The summed E-state index contributed by atoms with van der Waals surface area (Å²) in [7, 11) is 0. The molecule has 1 aromatic carbocycles. The summed E-state index contributed by atoms with van der Waals surface area (Å²) in [4.78, 5) is 12.0. The maximum atomic E-state index is 12.0. The van der Waals surface area contributed by atoms with Gasteiger partial charge in [-0.15, -0.1) is 0 Å². The van der Waals surface area contributed by atoms with Gasteiger partial charge in [-0.25, -0.2) is 4.79 Å². The van der Waals surface area contributed by atoms with Crippen LogP contribution in [-0.2, 0) is 11.3 Å². The highest BCUT2D eigenvalue weighted by Crippen LogP contribution is 2.31. The molecule has 0 aromatic heterocycles. The highest BCUT2D eigenvalue weighted by molar-refractivity contribution is 9.10. The summed E-state index contributed by atoms with van der Waals surface area (Å²) in [6.07, 6.45) is 2.73. The van der Waals surface area contributed by atoms with Gasteiger partial charge < -0.3 is 15.4 Å². The zero-order chi connectivity index (χ0) is 17.1. The van der Waals surface area contributed by atoms with Gasteiger partial charge in [0.1, 0.15) is 5.60 Å². The highest BCUT2D eigenvalue weighted by Gasteiger charge is 2.39. The third-order valence-corrected chi connectivity index (χ3v) is 5.09. The lowest BCUT2D eigenvalue weighted by Crippen LogP contribution is -2.59. The fourth-order valence-electron chi connectivity index (χ4n) is 2.57. The van der Waals surface area contributed by atoms with E-state index in [0.717, 1.165) is 35.8 Å². The van der Waals surface area contributed by atoms with Gasteiger partial charge in [-0.1, -0.05) is 17.7 Å². The summed E-state index contributed by atoms with van der Waals surface area (Å²) in [5, 5.41) is 7.15. The third kappa shape index (κ3) is 5.66. The maximum absolute atomic E-state index is 12.0. The lowest BCUT2D eigenvalue weighted by Gasteiger charge is -2.42. The van der Waals surface area contributed by atoms with Crippen LogP contribution in [0, 0.1) is 0 Å². The normalized spacial score (nSPS) is 16.6. The van der Waals surface area contributed by atoms with Gasteiger partial charge >= 0.3 is 6.09 Å². The number of halogens is 2. The van der Waals surface area contributed by atoms with Gasteiger partial charge in [0, 0.05) is 17.6 Å². The SMILES string of the molecule is CC(C)(C)OC(=O)NC1(CNCc2ccc(Br)c(Cl)c2)CCC1. The number of carbonyl (C=O) groups excluding carboxylic acids is 1. The molecule has 1 aromatic rings. The van der Waals surface area contributed by atoms with Gasteiger partial charge in [0.15, 0.2) is 0 Å². The Morgan fingerprint density at radius 3 is 2.61 bits per heavy atom. The van der Waals surface area contributed by atoms with E-state index >= 15 is 0 Å². The molecule has 0 bridgehead atoms. The molecule has 6 heteroatoms. The average molecular weight is 404 g/mol. The molecular formula is C17H24BrClN2O2. The molecule has 1 amide bonds. The number of hydrogen-bond acceptors (Lipinski definition) is 3. The first kappa shape index (κ1) is 18.6. The van der Waals surface area contributed by atoms with Crippen LogP contribution in [0.4, 0.5) is 4.79 Å². The van der Waals surface area contributed by atoms with E-state index in [1.165, 1.54) is 0 Å². The van der Waals surface area contributed by atoms with Crippen molar-refractivity contribution in [3.05, 3.63) is 33.3 Å². The van der Waals surface area contributed by atoms with E-state index in [1.54, 1.807) is 0 Å². The number of benzene rings is 1. The molecule has 1 saturated carbocycles. The Kier molecular flexibility index (Phi) is 5.98. The number of nitrogens with one attached hydrogen (secondary N) is 2. The Morgan fingerprint density at radius 1 is 1.39 bits per heavy atom. The van der Waals surface area contributed by atoms with Crippen molar-refractivity contribution in [1.29, 1.82) is 0 Å². The molecular weight excluding hydrogens is 380 g/mol. The Bertz CT molecular complexity index is 568. The van der Waals surface area contributed by atoms with E-state index in [9.17, 15) is 4.79 Å². The molecule has 0 unspecified atom stereocenters. The Morgan fingerprint density at radius 2 is 2.09 bits per heavy atom. The number of amides is 1. The molecule has 0 spiro atoms. The van der Waals surface area contributed by atoms with E-state index in [4.69, 9.17) is 16.3 Å². The number of rotatable bonds is 5. The summed E-state index contributed by atoms with van der Waals surface area (Å²) in [5.41, 5.74) is 0.447. The highest BCUT2D eigenvalue weighted by atomic mass is 79.9. The lowest BCUT2D eigenvalue weighted by molar-refractivity contribution is 0.0382. The van der Waals surface area contributed by atoms with E-state index in [-0.39, 0.29) is 11.6 Å². The Labute approximate surface area is 151 Å². The first-order chi connectivity index (χ1) is 10.7. The van der Waals surface area contributed by atoms with Crippen LogP contribution in [0.3, 0.4) is 0 Å². The number of carbonyl (C=O) groups is 1. The molecule has 128 valence electrons. The van der Waals surface area contributed by atoms with Crippen LogP contribution in [0.5, 0.6) is 0 Å². The van der Waals surface area contributed by atoms with Crippen molar-refractivity contribution >= 4 is 33.6 Å². The van der Waals surface area contributed by atoms with Crippen LogP contribution in [0.2, 0.25) is 5.02 Å². The Balaban J connectivity index is 1.84. The van der Waals surface area contributed by atoms with Gasteiger partial charge in [-0.3, -0.25) is 0 Å². The van der Waals surface area contributed by atoms with Crippen LogP contribution in [-0.4, -0.2) is 23.8 Å². The van der Waals surface area contributed by atoms with Crippen molar-refractivity contribution in [3.8, 4) is 0 Å². The second kappa shape index (κ2) is 7.41. The third-order valence-electron chi connectivity index (χ3n) is 3.85. The molecule has 0 radical (unpaired) electrons. The molecule has 2 rings (SSSR count). The van der Waals surface area contributed by atoms with E-state index in [2.05, 4.69) is 26.6 Å². The predicted molar refractivity (Wildman–Crippen MR) is 96.8 cm³/mol. The average Bonchev–Trinajstić information content (AvgIpc) is 2.37. The van der Waals surface area contributed by atoms with Crippen LogP contribution in [0.15, 0.2) is 22.7 Å². The maximum Gasteiger partial charge on any atom is 0.408 e. The minimum Gasteiger partial charge on any atom is -0.444 e. The van der Waals surface area contributed by atoms with Crippen molar-refractivity contribution < 1.29 is 9.53 Å². The number of hydrogen-bond donors (Lipinski definition) is 2. The minimum absolute atomic E-state index is 0.193. The van der Waals surface area contributed by atoms with E-state index in [1.807, 2.05) is 39.0 Å². The van der Waals surface area contributed by atoms with Crippen LogP contribution >= 0.6 is 27.5 Å². The second-order valence-electron chi connectivity index (χ2n) is 7.11. The van der Waals surface area contributed by atoms with E-state index < -0.39 is 5.60 Å². The number of alkyl carbamates (subject to hydrolysis) is 1.